The molecule has 2 aromatic heterocycles. The van der Waals surface area contributed by atoms with E-state index < -0.39 is 36.4 Å². The molecule has 2 aromatic rings. The average molecular weight is 653 g/mol. The zero-order valence-corrected chi connectivity index (χ0v) is 22.0. The molecule has 2 fully saturated rings. The minimum Gasteiger partial charge on any atom is -0.475 e. The topological polar surface area (TPSA) is 159 Å². The summed E-state index contributed by atoms with van der Waals surface area (Å²) < 4.78 is 107. The lowest BCUT2D eigenvalue weighted by molar-refractivity contribution is -0.193. The quantitative estimate of drug-likeness (QED) is 0.407. The second kappa shape index (κ2) is 16.6. The van der Waals surface area contributed by atoms with Crippen molar-refractivity contribution in [3.05, 3.63) is 54.5 Å². The molecule has 0 amide bonds. The number of rotatable bonds is 4. The fraction of sp³-hybridized carbons (Fsp3) is 0.458. The van der Waals surface area contributed by atoms with Crippen molar-refractivity contribution in [1.82, 2.24) is 14.9 Å². The van der Waals surface area contributed by atoms with Gasteiger partial charge in [0.2, 0.25) is 5.88 Å². The van der Waals surface area contributed by atoms with E-state index in [2.05, 4.69) is 20.9 Å². The Balaban J connectivity index is 0.000000379. The highest BCUT2D eigenvalue weighted by atomic mass is 19.4. The van der Waals surface area contributed by atoms with E-state index in [1.807, 2.05) is 36.7 Å². The van der Waals surface area contributed by atoms with E-state index >= 15 is 0 Å². The van der Waals surface area contributed by atoms with E-state index in [-0.39, 0.29) is 12.2 Å². The number of fused-ring (bicyclic) bond motifs is 1. The van der Waals surface area contributed by atoms with Crippen molar-refractivity contribution >= 4 is 17.9 Å². The standard InChI is InChI=1S/C18H21N3O2.3C2HF3O2/c1-2-9-20-17(7-1)23-16-13-21(12-14-5-3-8-19-11-14)15-6-4-10-22-18(15)16;3*3-2(4,5)1(6)7/h1-3,5,7-9,11,15-16,18H,4,6,10,12-13H2;3*(H,6,7)/t15-,16+,18+;;;/m1.../s1. The Bertz CT molecular complexity index is 1070. The number of carboxylic acids is 3. The molecule has 0 saturated carbocycles. The monoisotopic (exact) mass is 653 g/mol. The van der Waals surface area contributed by atoms with Crippen LogP contribution < -0.4 is 4.74 Å². The molecule has 0 spiro atoms. The summed E-state index contributed by atoms with van der Waals surface area (Å²) in [6.45, 7) is 2.57. The van der Waals surface area contributed by atoms with Gasteiger partial charge in [0.25, 0.3) is 0 Å². The molecule has 0 aromatic carbocycles. The third-order valence-electron chi connectivity index (χ3n) is 5.33. The van der Waals surface area contributed by atoms with Gasteiger partial charge in [-0.05, 0) is 30.5 Å². The van der Waals surface area contributed by atoms with Gasteiger partial charge in [0, 0.05) is 50.4 Å². The number of aromatic nitrogens is 2. The molecule has 0 bridgehead atoms. The van der Waals surface area contributed by atoms with Crippen LogP contribution in [0.2, 0.25) is 0 Å². The number of aliphatic carboxylic acids is 3. The summed E-state index contributed by atoms with van der Waals surface area (Å²) in [5.74, 6) is -7.60. The third-order valence-corrected chi connectivity index (χ3v) is 5.33. The summed E-state index contributed by atoms with van der Waals surface area (Å²) in [5.41, 5.74) is 1.23. The molecule has 11 nitrogen and oxygen atoms in total. The predicted octanol–water partition coefficient (Wildman–Crippen LogP) is 4.19. The molecule has 20 heteroatoms. The van der Waals surface area contributed by atoms with Crippen LogP contribution >= 0.6 is 0 Å². The van der Waals surface area contributed by atoms with E-state index in [9.17, 15) is 39.5 Å². The summed E-state index contributed by atoms with van der Waals surface area (Å²) in [7, 11) is 0. The first kappa shape index (κ1) is 37.8. The Hall–Kier alpha value is -4.20. The summed E-state index contributed by atoms with van der Waals surface area (Å²) in [4.78, 5) is 37.7. The van der Waals surface area contributed by atoms with E-state index in [0.29, 0.717) is 11.9 Å². The Kier molecular flexibility index (Phi) is 14.3. The molecule has 2 aliphatic heterocycles. The SMILES string of the molecule is O=C(O)C(F)(F)F.O=C(O)C(F)(F)F.O=C(O)C(F)(F)F.c1ccc(O[C@H]2CN(Cc3cccnc3)[C@@H]3CCCO[C@H]23)nc1. The van der Waals surface area contributed by atoms with Crippen molar-refractivity contribution in [2.45, 2.75) is 56.2 Å². The van der Waals surface area contributed by atoms with Crippen molar-refractivity contribution in [3.63, 3.8) is 0 Å². The maximum atomic E-state index is 10.6. The van der Waals surface area contributed by atoms with Gasteiger partial charge >= 0.3 is 36.4 Å². The van der Waals surface area contributed by atoms with Crippen LogP contribution in [-0.2, 0) is 25.7 Å². The van der Waals surface area contributed by atoms with Crippen LogP contribution in [0.25, 0.3) is 0 Å². The first-order valence-corrected chi connectivity index (χ1v) is 12.0. The number of pyridine rings is 2. The number of hydrogen-bond donors (Lipinski definition) is 3. The number of hydrogen-bond acceptors (Lipinski definition) is 8. The highest BCUT2D eigenvalue weighted by Gasteiger charge is 2.45. The molecule has 4 heterocycles. The molecule has 0 unspecified atom stereocenters. The Morgan fingerprint density at radius 1 is 0.864 bits per heavy atom. The van der Waals surface area contributed by atoms with Gasteiger partial charge in [0.1, 0.15) is 12.2 Å². The molecule has 2 aliphatic rings. The molecule has 246 valence electrons. The van der Waals surface area contributed by atoms with Crippen LogP contribution in [0, 0.1) is 0 Å². The largest absolute Gasteiger partial charge is 0.490 e. The van der Waals surface area contributed by atoms with Crippen molar-refractivity contribution in [3.8, 4) is 5.88 Å². The second-order valence-corrected chi connectivity index (χ2v) is 8.57. The molecule has 3 atom stereocenters. The molecule has 0 radical (unpaired) electrons. The van der Waals surface area contributed by atoms with E-state index in [1.165, 1.54) is 5.56 Å². The fourth-order valence-electron chi connectivity index (χ4n) is 3.59. The molecule has 4 rings (SSSR count). The molecule has 0 aliphatic carbocycles. The molecule has 3 N–H and O–H groups in total. The lowest BCUT2D eigenvalue weighted by atomic mass is 10.0. The van der Waals surface area contributed by atoms with Crippen molar-refractivity contribution in [2.24, 2.45) is 0 Å². The zero-order chi connectivity index (χ0) is 33.7. The third kappa shape index (κ3) is 13.8. The number of ether oxygens (including phenoxy) is 2. The van der Waals surface area contributed by atoms with Gasteiger partial charge < -0.3 is 24.8 Å². The number of alkyl halides is 9. The first-order chi connectivity index (χ1) is 20.2. The van der Waals surface area contributed by atoms with Gasteiger partial charge in [0.05, 0.1) is 0 Å². The van der Waals surface area contributed by atoms with Gasteiger partial charge in [-0.15, -0.1) is 0 Å². The Morgan fingerprint density at radius 3 is 1.84 bits per heavy atom. The summed E-state index contributed by atoms with van der Waals surface area (Å²) in [6.07, 6.45) is -7.31. The van der Waals surface area contributed by atoms with Crippen molar-refractivity contribution in [1.29, 1.82) is 0 Å². The maximum Gasteiger partial charge on any atom is 0.490 e. The molecule has 44 heavy (non-hydrogen) atoms. The fourth-order valence-corrected chi connectivity index (χ4v) is 3.59. The maximum absolute atomic E-state index is 10.6. The van der Waals surface area contributed by atoms with Crippen LogP contribution in [0.5, 0.6) is 5.88 Å². The normalized spacial score (nSPS) is 19.8. The number of carbonyl (C=O) groups is 3. The second-order valence-electron chi connectivity index (χ2n) is 8.57. The zero-order valence-electron chi connectivity index (χ0n) is 22.0. The summed E-state index contributed by atoms with van der Waals surface area (Å²) in [6, 6.07) is 10.3. The van der Waals surface area contributed by atoms with E-state index in [1.54, 1.807) is 6.20 Å². The Morgan fingerprint density at radius 2 is 1.41 bits per heavy atom. The smallest absolute Gasteiger partial charge is 0.475 e. The van der Waals surface area contributed by atoms with E-state index in [4.69, 9.17) is 39.2 Å². The summed E-state index contributed by atoms with van der Waals surface area (Å²) in [5, 5.41) is 21.4. The average Bonchev–Trinajstić information content (AvgIpc) is 3.26. The minimum atomic E-state index is -5.08. The molecular formula is C24H24F9N3O8. The summed E-state index contributed by atoms with van der Waals surface area (Å²) >= 11 is 0. The highest BCUT2D eigenvalue weighted by molar-refractivity contribution is 5.73. The van der Waals surface area contributed by atoms with Crippen LogP contribution in [0.3, 0.4) is 0 Å². The van der Waals surface area contributed by atoms with Crippen LogP contribution in [0.4, 0.5) is 39.5 Å². The first-order valence-electron chi connectivity index (χ1n) is 12.0. The molecular weight excluding hydrogens is 629 g/mol. The van der Waals surface area contributed by atoms with Crippen molar-refractivity contribution < 1.29 is 78.7 Å². The highest BCUT2D eigenvalue weighted by Crippen LogP contribution is 2.32. The number of carboxylic acid groups (broad SMARTS) is 3. The predicted molar refractivity (Wildman–Crippen MR) is 127 cm³/mol. The lowest BCUT2D eigenvalue weighted by Crippen LogP contribution is -2.42. The van der Waals surface area contributed by atoms with Crippen LogP contribution in [-0.4, -0.2) is 98.0 Å². The number of halogens is 9. The number of nitrogens with zero attached hydrogens (tertiary/aromatic N) is 3. The van der Waals surface area contributed by atoms with Gasteiger partial charge in [0.15, 0.2) is 0 Å². The molecule has 2 saturated heterocycles. The van der Waals surface area contributed by atoms with Gasteiger partial charge in [-0.1, -0.05) is 12.1 Å². The van der Waals surface area contributed by atoms with Crippen LogP contribution in [0.1, 0.15) is 18.4 Å². The van der Waals surface area contributed by atoms with Gasteiger partial charge in [-0.25, -0.2) is 19.4 Å². The van der Waals surface area contributed by atoms with Gasteiger partial charge in [-0.2, -0.15) is 39.5 Å². The van der Waals surface area contributed by atoms with E-state index in [0.717, 1.165) is 32.5 Å². The van der Waals surface area contributed by atoms with Gasteiger partial charge in [-0.3, -0.25) is 9.88 Å². The Labute approximate surface area is 241 Å². The lowest BCUT2D eigenvalue weighted by Gasteiger charge is -2.32. The van der Waals surface area contributed by atoms with Crippen molar-refractivity contribution in [2.75, 3.05) is 13.2 Å². The minimum absolute atomic E-state index is 0.0341. The number of likely N-dealkylation sites (tertiary alicyclic amines) is 1. The van der Waals surface area contributed by atoms with Crippen LogP contribution in [0.15, 0.2) is 48.9 Å².